The van der Waals surface area contributed by atoms with Gasteiger partial charge in [-0.15, -0.1) is 0 Å². The highest BCUT2D eigenvalue weighted by atomic mass is 16.6. The first kappa shape index (κ1) is 30.7. The van der Waals surface area contributed by atoms with Gasteiger partial charge in [0.25, 0.3) is 0 Å². The van der Waals surface area contributed by atoms with Gasteiger partial charge in [0.2, 0.25) is 11.8 Å². The summed E-state index contributed by atoms with van der Waals surface area (Å²) in [7, 11) is 0. The van der Waals surface area contributed by atoms with E-state index in [0.29, 0.717) is 12.0 Å². The van der Waals surface area contributed by atoms with Crippen LogP contribution in [0.4, 0.5) is 4.79 Å². The van der Waals surface area contributed by atoms with Gasteiger partial charge in [-0.2, -0.15) is 0 Å². The normalized spacial score (nSPS) is 12.9. The van der Waals surface area contributed by atoms with Crippen molar-refractivity contribution in [1.29, 1.82) is 0 Å². The zero-order valence-electron chi connectivity index (χ0n) is 22.4. The van der Waals surface area contributed by atoms with Gasteiger partial charge in [0, 0.05) is 13.1 Å². The average molecular weight is 508 g/mol. The van der Waals surface area contributed by atoms with Crippen molar-refractivity contribution in [3.63, 3.8) is 0 Å². The molecule has 1 aromatic rings. The maximum Gasteiger partial charge on any atom is 0.408 e. The second-order valence-corrected chi connectivity index (χ2v) is 9.74. The number of benzene rings is 1. The first-order valence-corrected chi connectivity index (χ1v) is 12.3. The van der Waals surface area contributed by atoms with Crippen LogP contribution < -0.4 is 10.6 Å². The van der Waals surface area contributed by atoms with Crippen LogP contribution in [0.25, 0.3) is 0 Å². The predicted molar refractivity (Wildman–Crippen MR) is 135 cm³/mol. The van der Waals surface area contributed by atoms with E-state index in [2.05, 4.69) is 10.6 Å². The van der Waals surface area contributed by atoms with Crippen molar-refractivity contribution in [3.8, 4) is 5.75 Å². The van der Waals surface area contributed by atoms with Crippen LogP contribution in [0.2, 0.25) is 0 Å². The number of esters is 1. The molecule has 0 aliphatic carbocycles. The molecule has 0 radical (unpaired) electrons. The van der Waals surface area contributed by atoms with Crippen LogP contribution in [0, 0.1) is 5.92 Å². The van der Waals surface area contributed by atoms with E-state index < -0.39 is 41.6 Å². The molecule has 0 heterocycles. The highest BCUT2D eigenvalue weighted by Gasteiger charge is 2.37. The molecule has 0 aromatic heterocycles. The fourth-order valence-electron chi connectivity index (χ4n) is 3.48. The summed E-state index contributed by atoms with van der Waals surface area (Å²) in [6.45, 7) is 12.8. The second kappa shape index (κ2) is 14.3. The number of rotatable bonds is 12. The van der Waals surface area contributed by atoms with E-state index in [-0.39, 0.29) is 37.8 Å². The SMILES string of the molecule is CCCN(C(=O)C(NC(=O)OC(C)(C)C)C(C)C)C(C(=O)NCCC(=O)OCC)c1ccc(O)cc1. The summed E-state index contributed by atoms with van der Waals surface area (Å²) in [5.41, 5.74) is -0.270. The third kappa shape index (κ3) is 10.1. The van der Waals surface area contributed by atoms with E-state index in [1.165, 1.54) is 17.0 Å². The second-order valence-electron chi connectivity index (χ2n) is 9.74. The molecule has 0 bridgehead atoms. The minimum Gasteiger partial charge on any atom is -0.508 e. The third-order valence-electron chi connectivity index (χ3n) is 5.06. The average Bonchev–Trinajstić information content (AvgIpc) is 2.76. The van der Waals surface area contributed by atoms with Gasteiger partial charge in [0.05, 0.1) is 13.0 Å². The molecule has 0 fully saturated rings. The Balaban J connectivity index is 3.29. The number of carbonyl (C=O) groups excluding carboxylic acids is 4. The standard InChI is InChI=1S/C26H41N3O7/c1-8-16-29(24(33)21(17(3)4)28-25(34)36-26(5,6)7)22(18-10-12-19(30)13-11-18)23(32)27-15-14-20(31)35-9-2/h10-13,17,21-22,30H,8-9,14-16H2,1-7H3,(H,27,32)(H,28,34). The van der Waals surface area contributed by atoms with Crippen LogP contribution in [0.5, 0.6) is 5.75 Å². The molecule has 0 saturated carbocycles. The van der Waals surface area contributed by atoms with Crippen molar-refractivity contribution in [2.75, 3.05) is 19.7 Å². The summed E-state index contributed by atoms with van der Waals surface area (Å²) >= 11 is 0. The number of nitrogens with one attached hydrogen (secondary N) is 2. The van der Waals surface area contributed by atoms with Gasteiger partial charge in [-0.1, -0.05) is 32.9 Å². The molecule has 0 aliphatic heterocycles. The van der Waals surface area contributed by atoms with Crippen molar-refractivity contribution in [2.45, 2.75) is 79.0 Å². The van der Waals surface area contributed by atoms with Gasteiger partial charge < -0.3 is 30.1 Å². The van der Waals surface area contributed by atoms with E-state index in [1.807, 2.05) is 6.92 Å². The van der Waals surface area contributed by atoms with E-state index in [0.717, 1.165) is 0 Å². The number of carbonyl (C=O) groups is 4. The molecule has 3 amide bonds. The molecule has 0 aliphatic rings. The zero-order valence-corrected chi connectivity index (χ0v) is 22.4. The number of aromatic hydroxyl groups is 1. The van der Waals surface area contributed by atoms with Gasteiger partial charge in [0.15, 0.2) is 0 Å². The fraction of sp³-hybridized carbons (Fsp3) is 0.615. The molecule has 2 unspecified atom stereocenters. The van der Waals surface area contributed by atoms with Crippen LogP contribution >= 0.6 is 0 Å². The highest BCUT2D eigenvalue weighted by Crippen LogP contribution is 2.26. The van der Waals surface area contributed by atoms with Crippen molar-refractivity contribution in [3.05, 3.63) is 29.8 Å². The maximum atomic E-state index is 13.8. The molecule has 1 aromatic carbocycles. The van der Waals surface area contributed by atoms with E-state index >= 15 is 0 Å². The number of alkyl carbamates (subject to hydrolysis) is 1. The monoisotopic (exact) mass is 507 g/mol. The van der Waals surface area contributed by atoms with Gasteiger partial charge in [-0.05, 0) is 57.7 Å². The molecule has 10 heteroatoms. The summed E-state index contributed by atoms with van der Waals surface area (Å²) in [6.07, 6.45) is -0.197. The molecule has 0 spiro atoms. The Hall–Kier alpha value is -3.30. The minimum atomic E-state index is -1.05. The highest BCUT2D eigenvalue weighted by molar-refractivity contribution is 5.92. The molecule has 10 nitrogen and oxygen atoms in total. The Morgan fingerprint density at radius 2 is 1.67 bits per heavy atom. The lowest BCUT2D eigenvalue weighted by Gasteiger charge is -2.35. The summed E-state index contributed by atoms with van der Waals surface area (Å²) in [5.74, 6) is -1.67. The number of phenolic OH excluding ortho intramolecular Hbond substituents is 1. The lowest BCUT2D eigenvalue weighted by molar-refractivity contribution is -0.144. The van der Waals surface area contributed by atoms with Gasteiger partial charge in [0.1, 0.15) is 23.4 Å². The number of phenols is 1. The Bertz CT molecular complexity index is 879. The molecule has 202 valence electrons. The van der Waals surface area contributed by atoms with Crippen molar-refractivity contribution in [1.82, 2.24) is 15.5 Å². The molecule has 3 N–H and O–H groups in total. The molecular weight excluding hydrogens is 466 g/mol. The van der Waals surface area contributed by atoms with Gasteiger partial charge >= 0.3 is 12.1 Å². The molecule has 1 rings (SSSR count). The zero-order chi connectivity index (χ0) is 27.5. The molecular formula is C26H41N3O7. The predicted octanol–water partition coefficient (Wildman–Crippen LogP) is 3.29. The number of hydrogen-bond donors (Lipinski definition) is 3. The number of amides is 3. The summed E-state index contributed by atoms with van der Waals surface area (Å²) in [6, 6.07) is 3.99. The van der Waals surface area contributed by atoms with Crippen LogP contribution in [0.1, 0.15) is 72.9 Å². The van der Waals surface area contributed by atoms with E-state index in [4.69, 9.17) is 9.47 Å². The lowest BCUT2D eigenvalue weighted by Crippen LogP contribution is -2.55. The molecule has 36 heavy (non-hydrogen) atoms. The lowest BCUT2D eigenvalue weighted by atomic mass is 9.98. The van der Waals surface area contributed by atoms with Crippen molar-refractivity contribution >= 4 is 23.9 Å². The Labute approximate surface area is 213 Å². The van der Waals surface area contributed by atoms with Crippen molar-refractivity contribution < 1.29 is 33.8 Å². The quantitative estimate of drug-likeness (QED) is 0.370. The molecule has 0 saturated heterocycles. The minimum absolute atomic E-state index is 0.0141. The van der Waals surface area contributed by atoms with E-state index in [9.17, 15) is 24.3 Å². The van der Waals surface area contributed by atoms with Crippen LogP contribution in [-0.2, 0) is 23.9 Å². The van der Waals surface area contributed by atoms with Crippen molar-refractivity contribution in [2.24, 2.45) is 5.92 Å². The summed E-state index contributed by atoms with van der Waals surface area (Å²) in [4.78, 5) is 52.7. The number of ether oxygens (including phenoxy) is 2. The smallest absolute Gasteiger partial charge is 0.408 e. The third-order valence-corrected chi connectivity index (χ3v) is 5.06. The number of nitrogens with zero attached hydrogens (tertiary/aromatic N) is 1. The Morgan fingerprint density at radius 3 is 2.17 bits per heavy atom. The van der Waals surface area contributed by atoms with Crippen LogP contribution in [0.15, 0.2) is 24.3 Å². The summed E-state index contributed by atoms with van der Waals surface area (Å²) in [5, 5.41) is 15.1. The number of hydrogen-bond acceptors (Lipinski definition) is 7. The van der Waals surface area contributed by atoms with Gasteiger partial charge in [-0.3, -0.25) is 14.4 Å². The maximum absolute atomic E-state index is 13.8. The summed E-state index contributed by atoms with van der Waals surface area (Å²) < 4.78 is 10.2. The molecule has 2 atom stereocenters. The van der Waals surface area contributed by atoms with Crippen LogP contribution in [-0.4, -0.2) is 65.2 Å². The Kier molecular flexibility index (Phi) is 12.2. The van der Waals surface area contributed by atoms with Crippen LogP contribution in [0.3, 0.4) is 0 Å². The largest absolute Gasteiger partial charge is 0.508 e. The topological polar surface area (TPSA) is 134 Å². The first-order chi connectivity index (χ1) is 16.8. The first-order valence-electron chi connectivity index (χ1n) is 12.3. The van der Waals surface area contributed by atoms with Gasteiger partial charge in [-0.25, -0.2) is 4.79 Å². The fourth-order valence-corrected chi connectivity index (χ4v) is 3.48. The van der Waals surface area contributed by atoms with E-state index in [1.54, 1.807) is 53.7 Å². The Morgan fingerprint density at radius 1 is 1.06 bits per heavy atom.